The fourth-order valence-corrected chi connectivity index (χ4v) is 2.97. The van der Waals surface area contributed by atoms with E-state index in [1.165, 1.54) is 7.11 Å². The number of hydrogen-bond acceptors (Lipinski definition) is 4. The van der Waals surface area contributed by atoms with Crippen LogP contribution in [0, 0.1) is 4.77 Å². The van der Waals surface area contributed by atoms with Crippen LogP contribution in [0.4, 0.5) is 0 Å². The minimum Gasteiger partial charge on any atom is -0.465 e. The average Bonchev–Trinajstić information content (AvgIpc) is 2.94. The maximum atomic E-state index is 11.7. The number of ether oxygens (including phenoxy) is 1. The highest BCUT2D eigenvalue weighted by atomic mass is 32.1. The van der Waals surface area contributed by atoms with E-state index in [0.29, 0.717) is 10.3 Å². The quantitative estimate of drug-likeness (QED) is 0.432. The molecule has 0 amide bonds. The number of aromatic amines is 1. The highest BCUT2D eigenvalue weighted by Gasteiger charge is 2.12. The van der Waals surface area contributed by atoms with Crippen molar-refractivity contribution in [3.05, 3.63) is 52.8 Å². The first-order valence-electron chi connectivity index (χ1n) is 6.70. The van der Waals surface area contributed by atoms with Crippen LogP contribution in [0.5, 0.6) is 0 Å². The van der Waals surface area contributed by atoms with Gasteiger partial charge in [0.1, 0.15) is 5.65 Å². The Hall–Kier alpha value is -2.73. The van der Waals surface area contributed by atoms with Crippen LogP contribution in [0.2, 0.25) is 0 Å². The van der Waals surface area contributed by atoms with Gasteiger partial charge in [0, 0.05) is 5.39 Å². The number of carbonyl (C=O) groups excluding carboxylic acids is 1. The summed E-state index contributed by atoms with van der Waals surface area (Å²) < 4.78 is 7.20. The van der Waals surface area contributed by atoms with Crippen LogP contribution in [0.1, 0.15) is 10.4 Å². The molecule has 0 aliphatic rings. The van der Waals surface area contributed by atoms with Gasteiger partial charge in [0.15, 0.2) is 4.77 Å². The number of para-hydroxylation sites is 2. The van der Waals surface area contributed by atoms with Crippen molar-refractivity contribution in [2.45, 2.75) is 0 Å². The standard InChI is InChI=1S/C16H11N3O2S/c1-21-15(20)9-6-7-10-12(8-9)18-16(22)19-13-5-3-2-4-11(13)17-14(10)19/h2-8H,1H3,(H,18,22). The molecule has 0 atom stereocenters. The van der Waals surface area contributed by atoms with Crippen LogP contribution in [0.3, 0.4) is 0 Å². The summed E-state index contributed by atoms with van der Waals surface area (Å²) in [5.74, 6) is -0.380. The third-order valence-electron chi connectivity index (χ3n) is 3.69. The van der Waals surface area contributed by atoms with Crippen LogP contribution in [-0.2, 0) is 4.74 Å². The summed E-state index contributed by atoms with van der Waals surface area (Å²) in [5, 5.41) is 0.900. The number of H-pyrrole nitrogens is 1. The molecule has 0 aliphatic heterocycles. The summed E-state index contributed by atoms with van der Waals surface area (Å²) in [6, 6.07) is 13.1. The maximum absolute atomic E-state index is 11.7. The van der Waals surface area contributed by atoms with E-state index in [0.717, 1.165) is 27.6 Å². The molecule has 2 aromatic carbocycles. The minimum absolute atomic E-state index is 0.380. The van der Waals surface area contributed by atoms with E-state index in [-0.39, 0.29) is 5.97 Å². The molecule has 5 nitrogen and oxygen atoms in total. The number of aromatic nitrogens is 3. The maximum Gasteiger partial charge on any atom is 0.337 e. The minimum atomic E-state index is -0.380. The van der Waals surface area contributed by atoms with Gasteiger partial charge in [-0.15, -0.1) is 0 Å². The van der Waals surface area contributed by atoms with Gasteiger partial charge < -0.3 is 9.72 Å². The number of imidazole rings is 1. The third kappa shape index (κ3) is 1.74. The Balaban J connectivity index is 2.16. The normalized spacial score (nSPS) is 11.3. The van der Waals surface area contributed by atoms with Crippen molar-refractivity contribution in [1.82, 2.24) is 14.4 Å². The summed E-state index contributed by atoms with van der Waals surface area (Å²) in [6.45, 7) is 0. The number of hydrogen-bond donors (Lipinski definition) is 1. The van der Waals surface area contributed by atoms with Crippen molar-refractivity contribution in [3.63, 3.8) is 0 Å². The monoisotopic (exact) mass is 309 g/mol. The van der Waals surface area contributed by atoms with Crippen LogP contribution >= 0.6 is 12.2 Å². The second-order valence-corrected chi connectivity index (χ2v) is 5.33. The van der Waals surface area contributed by atoms with Crippen LogP contribution < -0.4 is 0 Å². The van der Waals surface area contributed by atoms with Gasteiger partial charge in [-0.1, -0.05) is 12.1 Å². The SMILES string of the molecule is COC(=O)c1ccc2c(c1)[nH]c(=S)n1c3ccccc3nc21. The Bertz CT molecular complexity index is 1110. The van der Waals surface area contributed by atoms with Crippen molar-refractivity contribution in [2.24, 2.45) is 0 Å². The Morgan fingerprint density at radius 3 is 2.91 bits per heavy atom. The van der Waals surface area contributed by atoms with Gasteiger partial charge in [0.25, 0.3) is 0 Å². The number of nitrogens with zero attached hydrogens (tertiary/aromatic N) is 2. The lowest BCUT2D eigenvalue weighted by Crippen LogP contribution is -2.01. The van der Waals surface area contributed by atoms with Crippen molar-refractivity contribution in [1.29, 1.82) is 0 Å². The fraction of sp³-hybridized carbons (Fsp3) is 0.0625. The van der Waals surface area contributed by atoms with E-state index in [1.807, 2.05) is 34.7 Å². The van der Waals surface area contributed by atoms with Gasteiger partial charge >= 0.3 is 5.97 Å². The zero-order valence-corrected chi connectivity index (χ0v) is 12.5. The number of methoxy groups -OCH3 is 1. The lowest BCUT2D eigenvalue weighted by molar-refractivity contribution is 0.0601. The summed E-state index contributed by atoms with van der Waals surface area (Å²) in [4.78, 5) is 19.5. The first-order chi connectivity index (χ1) is 10.7. The highest BCUT2D eigenvalue weighted by molar-refractivity contribution is 7.71. The molecule has 0 fully saturated rings. The van der Waals surface area contributed by atoms with E-state index in [1.54, 1.807) is 12.1 Å². The smallest absolute Gasteiger partial charge is 0.337 e. The van der Waals surface area contributed by atoms with E-state index in [9.17, 15) is 4.79 Å². The molecule has 2 heterocycles. The van der Waals surface area contributed by atoms with Gasteiger partial charge in [-0.05, 0) is 42.5 Å². The first kappa shape index (κ1) is 13.0. The predicted octanol–water partition coefficient (Wildman–Crippen LogP) is 3.48. The van der Waals surface area contributed by atoms with Gasteiger partial charge in [-0.25, -0.2) is 9.78 Å². The summed E-state index contributed by atoms with van der Waals surface area (Å²) in [6.07, 6.45) is 0. The Kier molecular flexibility index (Phi) is 2.74. The Labute approximate surface area is 130 Å². The van der Waals surface area contributed by atoms with E-state index in [4.69, 9.17) is 17.0 Å². The molecule has 6 heteroatoms. The van der Waals surface area contributed by atoms with Crippen molar-refractivity contribution < 1.29 is 9.53 Å². The second-order valence-electron chi connectivity index (χ2n) is 4.94. The zero-order chi connectivity index (χ0) is 15.3. The molecule has 0 unspecified atom stereocenters. The number of benzene rings is 2. The molecule has 0 saturated carbocycles. The molecule has 4 rings (SSSR count). The van der Waals surface area contributed by atoms with Gasteiger partial charge in [-0.3, -0.25) is 4.40 Å². The molecule has 108 valence electrons. The molecule has 0 spiro atoms. The summed E-state index contributed by atoms with van der Waals surface area (Å²) in [5.41, 5.74) is 3.84. The van der Waals surface area contributed by atoms with Crippen molar-refractivity contribution in [3.8, 4) is 0 Å². The zero-order valence-electron chi connectivity index (χ0n) is 11.7. The Morgan fingerprint density at radius 1 is 1.27 bits per heavy atom. The predicted molar refractivity (Wildman–Crippen MR) is 86.7 cm³/mol. The number of carbonyl (C=O) groups is 1. The largest absolute Gasteiger partial charge is 0.465 e. The Morgan fingerprint density at radius 2 is 2.09 bits per heavy atom. The molecule has 1 N–H and O–H groups in total. The topological polar surface area (TPSA) is 59.4 Å². The highest BCUT2D eigenvalue weighted by Crippen LogP contribution is 2.24. The molecule has 0 radical (unpaired) electrons. The molecular formula is C16H11N3O2S. The van der Waals surface area contributed by atoms with E-state index in [2.05, 4.69) is 9.97 Å². The molecule has 0 bridgehead atoms. The van der Waals surface area contributed by atoms with Crippen LogP contribution in [-0.4, -0.2) is 27.4 Å². The number of esters is 1. The van der Waals surface area contributed by atoms with Crippen LogP contribution in [0.15, 0.2) is 42.5 Å². The van der Waals surface area contributed by atoms with E-state index < -0.39 is 0 Å². The van der Waals surface area contributed by atoms with Gasteiger partial charge in [0.05, 0.1) is 29.2 Å². The number of fused-ring (bicyclic) bond motifs is 5. The first-order valence-corrected chi connectivity index (χ1v) is 7.11. The van der Waals surface area contributed by atoms with Gasteiger partial charge in [-0.2, -0.15) is 0 Å². The summed E-state index contributed by atoms with van der Waals surface area (Å²) >= 11 is 5.45. The lowest BCUT2D eigenvalue weighted by atomic mass is 10.1. The number of rotatable bonds is 1. The van der Waals surface area contributed by atoms with Crippen molar-refractivity contribution in [2.75, 3.05) is 7.11 Å². The van der Waals surface area contributed by atoms with E-state index >= 15 is 0 Å². The van der Waals surface area contributed by atoms with Gasteiger partial charge in [0.2, 0.25) is 0 Å². The summed E-state index contributed by atoms with van der Waals surface area (Å²) in [7, 11) is 1.36. The molecule has 0 saturated heterocycles. The number of nitrogens with one attached hydrogen (secondary N) is 1. The third-order valence-corrected chi connectivity index (χ3v) is 3.97. The molecular weight excluding hydrogens is 298 g/mol. The molecule has 2 aromatic heterocycles. The van der Waals surface area contributed by atoms with Crippen molar-refractivity contribution >= 4 is 45.8 Å². The molecule has 4 aromatic rings. The van der Waals surface area contributed by atoms with Crippen LogP contribution in [0.25, 0.3) is 27.6 Å². The average molecular weight is 309 g/mol. The lowest BCUT2D eigenvalue weighted by Gasteiger charge is -2.05. The fourth-order valence-electron chi connectivity index (χ4n) is 2.67. The second kappa shape index (κ2) is 4.64. The molecule has 22 heavy (non-hydrogen) atoms. The molecule has 0 aliphatic carbocycles.